The lowest BCUT2D eigenvalue weighted by Gasteiger charge is -2.56. The lowest BCUT2D eigenvalue weighted by molar-refractivity contribution is -0.164. The summed E-state index contributed by atoms with van der Waals surface area (Å²) in [5.41, 5.74) is -0.450. The van der Waals surface area contributed by atoms with E-state index in [4.69, 9.17) is 5.84 Å². The van der Waals surface area contributed by atoms with Crippen molar-refractivity contribution in [3.63, 3.8) is 0 Å². The maximum Gasteiger partial charge on any atom is 0.249 e. The molecule has 2 amide bonds. The van der Waals surface area contributed by atoms with E-state index in [2.05, 4.69) is 0 Å². The fourth-order valence-corrected chi connectivity index (χ4v) is 8.82. The van der Waals surface area contributed by atoms with Gasteiger partial charge in [0.25, 0.3) is 0 Å². The number of rotatable bonds is 5. The molecule has 5 aliphatic rings. The van der Waals surface area contributed by atoms with Gasteiger partial charge in [-0.3, -0.25) is 9.59 Å². The molecule has 1 atom stereocenters. The molecule has 0 spiro atoms. The van der Waals surface area contributed by atoms with Crippen molar-refractivity contribution in [3.8, 4) is 0 Å². The summed E-state index contributed by atoms with van der Waals surface area (Å²) >= 11 is 0. The highest BCUT2D eigenvalue weighted by molar-refractivity contribution is 7.89. The van der Waals surface area contributed by atoms with Gasteiger partial charge in [0.15, 0.2) is 0 Å². The second-order valence-electron chi connectivity index (χ2n) is 10.7. The zero-order chi connectivity index (χ0) is 22.5. The van der Waals surface area contributed by atoms with Gasteiger partial charge in [0, 0.05) is 19.5 Å². The molecule has 1 aromatic carbocycles. The van der Waals surface area contributed by atoms with Crippen molar-refractivity contribution in [1.82, 2.24) is 9.31 Å². The van der Waals surface area contributed by atoms with Crippen LogP contribution in [0.5, 0.6) is 0 Å². The lowest BCUT2D eigenvalue weighted by atomic mass is 9.49. The summed E-state index contributed by atoms with van der Waals surface area (Å²) in [6.07, 6.45) is 7.82. The normalized spacial score (nSPS) is 34.4. The SMILES string of the molecule is NN(C(=O)CC1CCCN(S(=O)(=O)c2ccccc2)C1)C(=O)C12CC3CC(CC(C3)C1)C2. The largest absolute Gasteiger partial charge is 0.273 e. The number of hydrogen-bond acceptors (Lipinski definition) is 5. The third-order valence-corrected chi connectivity index (χ3v) is 10.2. The van der Waals surface area contributed by atoms with Crippen LogP contribution in [0.1, 0.15) is 57.8 Å². The summed E-state index contributed by atoms with van der Waals surface area (Å²) in [5.74, 6) is 7.20. The zero-order valence-corrected chi connectivity index (χ0v) is 19.3. The Morgan fingerprint density at radius 1 is 1.03 bits per heavy atom. The summed E-state index contributed by atoms with van der Waals surface area (Å²) in [7, 11) is -3.59. The maximum absolute atomic E-state index is 13.4. The highest BCUT2D eigenvalue weighted by Crippen LogP contribution is 2.60. The Kier molecular flexibility index (Phi) is 5.66. The van der Waals surface area contributed by atoms with Crippen LogP contribution in [0.2, 0.25) is 0 Å². The fraction of sp³-hybridized carbons (Fsp3) is 0.667. The van der Waals surface area contributed by atoms with Gasteiger partial charge in [0.1, 0.15) is 0 Å². The Morgan fingerprint density at radius 2 is 1.62 bits per heavy atom. The first-order valence-electron chi connectivity index (χ1n) is 11.9. The van der Waals surface area contributed by atoms with Gasteiger partial charge in [0.2, 0.25) is 21.8 Å². The average Bonchev–Trinajstić information content (AvgIpc) is 2.78. The quantitative estimate of drug-likeness (QED) is 0.414. The second-order valence-corrected chi connectivity index (χ2v) is 12.6. The van der Waals surface area contributed by atoms with Crippen LogP contribution in [-0.2, 0) is 19.6 Å². The van der Waals surface area contributed by atoms with Gasteiger partial charge in [-0.25, -0.2) is 19.3 Å². The number of piperidine rings is 1. The van der Waals surface area contributed by atoms with Crippen molar-refractivity contribution in [3.05, 3.63) is 30.3 Å². The Balaban J connectivity index is 1.23. The van der Waals surface area contributed by atoms with Crippen molar-refractivity contribution < 1.29 is 18.0 Å². The molecular weight excluding hydrogens is 426 g/mol. The van der Waals surface area contributed by atoms with E-state index in [9.17, 15) is 18.0 Å². The van der Waals surface area contributed by atoms with Crippen LogP contribution in [0.15, 0.2) is 35.2 Å². The summed E-state index contributed by atoms with van der Waals surface area (Å²) in [6, 6.07) is 8.39. The maximum atomic E-state index is 13.4. The van der Waals surface area contributed by atoms with Crippen LogP contribution >= 0.6 is 0 Å². The topological polar surface area (TPSA) is 101 Å². The molecule has 1 aromatic rings. The molecule has 5 fully saturated rings. The van der Waals surface area contributed by atoms with Gasteiger partial charge in [-0.05, 0) is 87.2 Å². The Hall–Kier alpha value is -1.77. The second kappa shape index (κ2) is 8.22. The van der Waals surface area contributed by atoms with E-state index < -0.39 is 15.4 Å². The molecule has 174 valence electrons. The first-order chi connectivity index (χ1) is 15.3. The van der Waals surface area contributed by atoms with Gasteiger partial charge in [-0.1, -0.05) is 18.2 Å². The molecule has 6 rings (SSSR count). The van der Waals surface area contributed by atoms with Crippen molar-refractivity contribution in [1.29, 1.82) is 0 Å². The first-order valence-corrected chi connectivity index (χ1v) is 13.4. The predicted octanol–water partition coefficient (Wildman–Crippen LogP) is 2.92. The molecule has 0 aromatic heterocycles. The summed E-state index contributed by atoms with van der Waals surface area (Å²) < 4.78 is 27.4. The summed E-state index contributed by atoms with van der Waals surface area (Å²) in [4.78, 5) is 26.6. The number of sulfonamides is 1. The van der Waals surface area contributed by atoms with Crippen LogP contribution < -0.4 is 5.84 Å². The molecule has 8 heteroatoms. The molecule has 1 heterocycles. The Labute approximate surface area is 190 Å². The van der Waals surface area contributed by atoms with Gasteiger partial charge < -0.3 is 0 Å². The molecule has 1 aliphatic heterocycles. The van der Waals surface area contributed by atoms with E-state index in [0.717, 1.165) is 30.7 Å². The van der Waals surface area contributed by atoms with E-state index in [0.29, 0.717) is 30.7 Å². The number of hydrazine groups is 1. The number of imide groups is 1. The van der Waals surface area contributed by atoms with Gasteiger partial charge in [-0.2, -0.15) is 4.31 Å². The van der Waals surface area contributed by atoms with E-state index in [1.165, 1.54) is 23.6 Å². The highest BCUT2D eigenvalue weighted by atomic mass is 32.2. The average molecular weight is 460 g/mol. The Bertz CT molecular complexity index is 958. The lowest BCUT2D eigenvalue weighted by Crippen LogP contribution is -2.58. The number of nitrogens with zero attached hydrogens (tertiary/aromatic N) is 2. The monoisotopic (exact) mass is 459 g/mol. The minimum atomic E-state index is -3.59. The van der Waals surface area contributed by atoms with Crippen LogP contribution in [-0.4, -0.2) is 42.6 Å². The fourth-order valence-electron chi connectivity index (χ4n) is 7.24. The zero-order valence-electron chi connectivity index (χ0n) is 18.5. The number of hydrogen-bond donors (Lipinski definition) is 1. The van der Waals surface area contributed by atoms with Gasteiger partial charge >= 0.3 is 0 Å². The number of amides is 2. The number of carbonyl (C=O) groups excluding carboxylic acids is 2. The molecule has 0 radical (unpaired) electrons. The smallest absolute Gasteiger partial charge is 0.249 e. The molecule has 4 saturated carbocycles. The van der Waals surface area contributed by atoms with Gasteiger partial charge in [0.05, 0.1) is 10.3 Å². The van der Waals surface area contributed by atoms with Crippen LogP contribution in [0.3, 0.4) is 0 Å². The summed E-state index contributed by atoms with van der Waals surface area (Å²) in [5, 5.41) is 0.887. The number of nitrogens with two attached hydrogens (primary N) is 1. The molecular formula is C24H33N3O4S. The standard InChI is InChI=1S/C24H33N3O4S/c25-27(23(29)24-13-18-9-19(14-24)11-20(10-18)15-24)22(28)12-17-5-4-8-26(16-17)32(30,31)21-6-2-1-3-7-21/h1-3,6-7,17-20H,4-5,8-16,25H2. The van der Waals surface area contributed by atoms with Crippen molar-refractivity contribution in [2.75, 3.05) is 13.1 Å². The van der Waals surface area contributed by atoms with Gasteiger partial charge in [-0.15, -0.1) is 0 Å². The number of carbonyl (C=O) groups is 2. The molecule has 1 saturated heterocycles. The molecule has 1 unspecified atom stereocenters. The highest BCUT2D eigenvalue weighted by Gasteiger charge is 2.56. The number of benzene rings is 1. The molecule has 4 aliphatic carbocycles. The molecule has 4 bridgehead atoms. The third-order valence-electron chi connectivity index (χ3n) is 8.31. The van der Waals surface area contributed by atoms with Crippen LogP contribution in [0.25, 0.3) is 0 Å². The molecule has 7 nitrogen and oxygen atoms in total. The minimum Gasteiger partial charge on any atom is -0.273 e. The first kappa shape index (κ1) is 22.0. The molecule has 2 N–H and O–H groups in total. The van der Waals surface area contributed by atoms with E-state index in [1.54, 1.807) is 30.3 Å². The predicted molar refractivity (Wildman–Crippen MR) is 119 cm³/mol. The van der Waals surface area contributed by atoms with Crippen molar-refractivity contribution in [2.24, 2.45) is 34.9 Å². The van der Waals surface area contributed by atoms with E-state index >= 15 is 0 Å². The third kappa shape index (κ3) is 3.90. The van der Waals surface area contributed by atoms with Crippen molar-refractivity contribution >= 4 is 21.8 Å². The van der Waals surface area contributed by atoms with Crippen molar-refractivity contribution in [2.45, 2.75) is 62.7 Å². The minimum absolute atomic E-state index is 0.107. The summed E-state index contributed by atoms with van der Waals surface area (Å²) in [6.45, 7) is 0.725. The van der Waals surface area contributed by atoms with E-state index in [1.807, 2.05) is 0 Å². The molecule has 32 heavy (non-hydrogen) atoms. The van der Waals surface area contributed by atoms with Crippen LogP contribution in [0, 0.1) is 29.1 Å². The van der Waals surface area contributed by atoms with Crippen LogP contribution in [0.4, 0.5) is 0 Å². The van der Waals surface area contributed by atoms with E-state index in [-0.39, 0.29) is 35.6 Å². The Morgan fingerprint density at radius 3 is 2.22 bits per heavy atom.